The highest BCUT2D eigenvalue weighted by molar-refractivity contribution is 6.04. The second-order valence-corrected chi connectivity index (χ2v) is 9.12. The third-order valence-electron chi connectivity index (χ3n) is 6.03. The average Bonchev–Trinajstić information content (AvgIpc) is 2.99. The van der Waals surface area contributed by atoms with Gasteiger partial charge < -0.3 is 20.1 Å². The number of hydrogen-bond acceptors (Lipinski definition) is 4. The summed E-state index contributed by atoms with van der Waals surface area (Å²) in [6.45, 7) is 0.356. The summed E-state index contributed by atoms with van der Waals surface area (Å²) in [7, 11) is 0. The van der Waals surface area contributed by atoms with Gasteiger partial charge in [-0.3, -0.25) is 9.59 Å². The molecule has 0 atom stereocenters. The Morgan fingerprint density at radius 1 is 0.550 bits per heavy atom. The number of benzene rings is 5. The fourth-order valence-electron chi connectivity index (χ4n) is 4.03. The molecule has 5 aromatic rings. The molecule has 0 aliphatic heterocycles. The van der Waals surface area contributed by atoms with Crippen LogP contribution < -0.4 is 20.1 Å². The lowest BCUT2D eigenvalue weighted by Crippen LogP contribution is -2.14. The topological polar surface area (TPSA) is 76.7 Å². The molecule has 5 aromatic carbocycles. The molecule has 0 fully saturated rings. The Hall–Kier alpha value is -5.36. The first kappa shape index (κ1) is 26.3. The van der Waals surface area contributed by atoms with Crippen LogP contribution in [0, 0.1) is 0 Å². The van der Waals surface area contributed by atoms with Crippen molar-refractivity contribution in [3.05, 3.63) is 150 Å². The van der Waals surface area contributed by atoms with Crippen molar-refractivity contribution in [2.45, 2.75) is 13.0 Å². The van der Waals surface area contributed by atoms with E-state index in [9.17, 15) is 9.59 Å². The van der Waals surface area contributed by atoms with Crippen LogP contribution in [0.3, 0.4) is 0 Å². The molecule has 198 valence electrons. The molecule has 0 bridgehead atoms. The molecule has 0 unspecified atom stereocenters. The number of carbonyl (C=O) groups is 2. The Balaban J connectivity index is 1.10. The van der Waals surface area contributed by atoms with E-state index in [0.717, 1.165) is 16.8 Å². The van der Waals surface area contributed by atoms with Gasteiger partial charge in [-0.15, -0.1) is 0 Å². The third-order valence-corrected chi connectivity index (χ3v) is 6.03. The van der Waals surface area contributed by atoms with Crippen LogP contribution in [0.4, 0.5) is 11.4 Å². The fourth-order valence-corrected chi connectivity index (χ4v) is 4.03. The van der Waals surface area contributed by atoms with Crippen molar-refractivity contribution in [3.63, 3.8) is 0 Å². The van der Waals surface area contributed by atoms with Crippen LogP contribution in [0.2, 0.25) is 0 Å². The number of para-hydroxylation sites is 1. The first-order chi connectivity index (χ1) is 19.6. The molecule has 0 aliphatic carbocycles. The number of ether oxygens (including phenoxy) is 2. The summed E-state index contributed by atoms with van der Waals surface area (Å²) in [5.74, 6) is 1.82. The van der Waals surface area contributed by atoms with Crippen molar-refractivity contribution in [1.29, 1.82) is 0 Å². The first-order valence-electron chi connectivity index (χ1n) is 12.9. The zero-order valence-corrected chi connectivity index (χ0v) is 21.7. The Kier molecular flexibility index (Phi) is 8.49. The zero-order chi connectivity index (χ0) is 27.6. The van der Waals surface area contributed by atoms with Crippen LogP contribution in [0.15, 0.2) is 133 Å². The Labute approximate surface area is 233 Å². The van der Waals surface area contributed by atoms with Gasteiger partial charge in [0.05, 0.1) is 6.42 Å². The number of nitrogens with one attached hydrogen (secondary N) is 2. The predicted octanol–water partition coefficient (Wildman–Crippen LogP) is 7.49. The molecule has 40 heavy (non-hydrogen) atoms. The highest BCUT2D eigenvalue weighted by Crippen LogP contribution is 2.25. The number of anilines is 2. The molecule has 0 spiro atoms. The molecule has 0 saturated heterocycles. The van der Waals surface area contributed by atoms with E-state index in [0.29, 0.717) is 35.1 Å². The van der Waals surface area contributed by atoms with Crippen LogP contribution in [0.25, 0.3) is 0 Å². The van der Waals surface area contributed by atoms with Gasteiger partial charge in [-0.1, -0.05) is 60.7 Å². The minimum absolute atomic E-state index is 0.0703. The largest absolute Gasteiger partial charge is 0.489 e. The summed E-state index contributed by atoms with van der Waals surface area (Å²) >= 11 is 0. The van der Waals surface area contributed by atoms with Gasteiger partial charge in [-0.2, -0.15) is 0 Å². The van der Waals surface area contributed by atoms with E-state index >= 15 is 0 Å². The van der Waals surface area contributed by atoms with Gasteiger partial charge in [0.1, 0.15) is 23.9 Å². The second kappa shape index (κ2) is 12.9. The minimum Gasteiger partial charge on any atom is -0.489 e. The maximum absolute atomic E-state index is 12.4. The Bertz CT molecular complexity index is 1550. The van der Waals surface area contributed by atoms with E-state index in [2.05, 4.69) is 10.6 Å². The van der Waals surface area contributed by atoms with E-state index in [-0.39, 0.29) is 18.2 Å². The number of hydrogen-bond donors (Lipinski definition) is 2. The van der Waals surface area contributed by atoms with Gasteiger partial charge in [0.25, 0.3) is 5.91 Å². The molecule has 6 heteroatoms. The maximum atomic E-state index is 12.4. The normalized spacial score (nSPS) is 10.4. The van der Waals surface area contributed by atoms with Gasteiger partial charge in [0.15, 0.2) is 0 Å². The average molecular weight is 529 g/mol. The molecule has 0 aromatic heterocycles. The quantitative estimate of drug-likeness (QED) is 0.197. The van der Waals surface area contributed by atoms with Gasteiger partial charge in [-0.25, -0.2) is 0 Å². The Morgan fingerprint density at radius 2 is 1.15 bits per heavy atom. The minimum atomic E-state index is -0.155. The summed E-state index contributed by atoms with van der Waals surface area (Å²) < 4.78 is 11.9. The van der Waals surface area contributed by atoms with Crippen LogP contribution >= 0.6 is 0 Å². The summed E-state index contributed by atoms with van der Waals surface area (Å²) in [5, 5.41) is 5.81. The van der Waals surface area contributed by atoms with Crippen molar-refractivity contribution in [1.82, 2.24) is 0 Å². The molecule has 0 saturated carbocycles. The maximum Gasteiger partial charge on any atom is 0.255 e. The smallest absolute Gasteiger partial charge is 0.255 e. The molecule has 6 nitrogen and oxygen atoms in total. The van der Waals surface area contributed by atoms with Crippen molar-refractivity contribution in [3.8, 4) is 17.2 Å². The van der Waals surface area contributed by atoms with E-state index in [1.54, 1.807) is 12.1 Å². The Morgan fingerprint density at radius 3 is 1.85 bits per heavy atom. The van der Waals surface area contributed by atoms with Gasteiger partial charge in [0, 0.05) is 16.9 Å². The molecular weight excluding hydrogens is 500 g/mol. The summed E-state index contributed by atoms with van der Waals surface area (Å²) in [4.78, 5) is 24.7. The fraction of sp³-hybridized carbons (Fsp3) is 0.0588. The molecule has 0 radical (unpaired) electrons. The molecule has 0 aliphatic rings. The summed E-state index contributed by atoms with van der Waals surface area (Å²) in [6, 6.07) is 40.9. The number of carbonyl (C=O) groups excluding carboxylic acids is 2. The molecule has 2 N–H and O–H groups in total. The third kappa shape index (κ3) is 7.58. The highest BCUT2D eigenvalue weighted by Gasteiger charge is 2.07. The second-order valence-electron chi connectivity index (χ2n) is 9.12. The summed E-state index contributed by atoms with van der Waals surface area (Å²) in [6.07, 6.45) is 0.281. The highest BCUT2D eigenvalue weighted by atomic mass is 16.5. The lowest BCUT2D eigenvalue weighted by atomic mass is 10.1. The van der Waals surface area contributed by atoms with Crippen LogP contribution in [0.1, 0.15) is 21.5 Å². The lowest BCUT2D eigenvalue weighted by Gasteiger charge is -2.11. The summed E-state index contributed by atoms with van der Waals surface area (Å²) in [5.41, 5.74) is 3.92. The monoisotopic (exact) mass is 528 g/mol. The van der Waals surface area contributed by atoms with Crippen LogP contribution in [-0.4, -0.2) is 11.8 Å². The molecular formula is C34H28N2O4. The lowest BCUT2D eigenvalue weighted by molar-refractivity contribution is -0.115. The van der Waals surface area contributed by atoms with Crippen molar-refractivity contribution in [2.24, 2.45) is 0 Å². The predicted molar refractivity (Wildman–Crippen MR) is 157 cm³/mol. The molecule has 2 amide bonds. The van der Waals surface area contributed by atoms with Gasteiger partial charge in [0.2, 0.25) is 5.91 Å². The van der Waals surface area contributed by atoms with Crippen LogP contribution in [0.5, 0.6) is 17.2 Å². The number of rotatable bonds is 10. The van der Waals surface area contributed by atoms with Crippen LogP contribution in [-0.2, 0) is 17.8 Å². The molecule has 5 rings (SSSR count). The first-order valence-corrected chi connectivity index (χ1v) is 12.9. The van der Waals surface area contributed by atoms with E-state index < -0.39 is 0 Å². The SMILES string of the molecule is O=C(Cc1ccc(Oc2ccc(OCc3cccc(NC(=O)c4ccccc4)c3)cc2)cc1)Nc1ccccc1. The van der Waals surface area contributed by atoms with E-state index in [4.69, 9.17) is 9.47 Å². The van der Waals surface area contributed by atoms with Crippen molar-refractivity contribution in [2.75, 3.05) is 10.6 Å². The van der Waals surface area contributed by atoms with Crippen molar-refractivity contribution >= 4 is 23.2 Å². The van der Waals surface area contributed by atoms with E-state index in [1.807, 2.05) is 121 Å². The molecule has 0 heterocycles. The standard InChI is InChI=1S/C34H28N2O4/c37-33(35-28-11-5-2-6-12-28)23-25-14-16-31(17-15-25)40-32-20-18-30(19-21-32)39-24-26-8-7-13-29(22-26)36-34(38)27-9-3-1-4-10-27/h1-22H,23-24H2,(H,35,37)(H,36,38). The van der Waals surface area contributed by atoms with Crippen molar-refractivity contribution < 1.29 is 19.1 Å². The number of amides is 2. The van der Waals surface area contributed by atoms with Gasteiger partial charge >= 0.3 is 0 Å². The zero-order valence-electron chi connectivity index (χ0n) is 21.7. The van der Waals surface area contributed by atoms with Gasteiger partial charge in [-0.05, 0) is 83.9 Å². The van der Waals surface area contributed by atoms with E-state index in [1.165, 1.54) is 0 Å².